The van der Waals surface area contributed by atoms with Crippen molar-refractivity contribution in [3.05, 3.63) is 59.4 Å². The number of aromatic nitrogens is 4. The Balaban J connectivity index is 1.42. The number of nitrogens with zero attached hydrogens (tertiary/aromatic N) is 5. The molecule has 0 bridgehead atoms. The number of halogens is 2. The monoisotopic (exact) mass is 492 g/mol. The summed E-state index contributed by atoms with van der Waals surface area (Å²) in [6.45, 7) is 4.92. The number of aryl methyl sites for hydroxylation is 1. The van der Waals surface area contributed by atoms with Crippen molar-refractivity contribution < 1.29 is 18.7 Å². The van der Waals surface area contributed by atoms with Crippen LogP contribution in [0.4, 0.5) is 20.4 Å². The van der Waals surface area contributed by atoms with Crippen LogP contribution in [0.2, 0.25) is 0 Å². The van der Waals surface area contributed by atoms with Crippen LogP contribution in [0.1, 0.15) is 53.7 Å². The number of para-hydroxylation sites is 1. The Morgan fingerprint density at radius 1 is 1.19 bits per heavy atom. The first kappa shape index (κ1) is 22.6. The van der Waals surface area contributed by atoms with E-state index in [1.807, 2.05) is 35.3 Å². The molecule has 1 saturated carbocycles. The summed E-state index contributed by atoms with van der Waals surface area (Å²) in [6, 6.07) is 10.6. The number of hydrogen-bond donors (Lipinski definition) is 2. The van der Waals surface area contributed by atoms with Crippen LogP contribution in [0.5, 0.6) is 0 Å². The van der Waals surface area contributed by atoms with E-state index in [2.05, 4.69) is 15.5 Å². The van der Waals surface area contributed by atoms with Gasteiger partial charge in [-0.1, -0.05) is 18.2 Å². The van der Waals surface area contributed by atoms with Crippen molar-refractivity contribution in [1.29, 1.82) is 0 Å². The molecule has 0 unspecified atom stereocenters. The molecular formula is C26H26F2N6O2. The van der Waals surface area contributed by atoms with Crippen LogP contribution in [-0.4, -0.2) is 49.7 Å². The zero-order valence-corrected chi connectivity index (χ0v) is 20.0. The SMILES string of the molecule is Cc1cc([C@@H](C)Nc2ccccc2C(=O)O)c2nc(N3CCC4(CC3)CC4(F)F)n3cnnc3c2c1. The maximum Gasteiger partial charge on any atom is 0.337 e. The van der Waals surface area contributed by atoms with Gasteiger partial charge in [-0.2, -0.15) is 0 Å². The molecule has 2 aliphatic rings. The first-order valence-corrected chi connectivity index (χ1v) is 12.0. The van der Waals surface area contributed by atoms with Crippen molar-refractivity contribution >= 4 is 34.2 Å². The molecule has 1 atom stereocenters. The Morgan fingerprint density at radius 3 is 2.61 bits per heavy atom. The predicted molar refractivity (Wildman–Crippen MR) is 132 cm³/mol. The first-order valence-electron chi connectivity index (χ1n) is 12.0. The van der Waals surface area contributed by atoms with E-state index >= 15 is 0 Å². The van der Waals surface area contributed by atoms with Gasteiger partial charge in [0.05, 0.1) is 17.1 Å². The number of benzene rings is 2. The Morgan fingerprint density at radius 2 is 1.92 bits per heavy atom. The lowest BCUT2D eigenvalue weighted by Crippen LogP contribution is -2.38. The normalized spacial score (nSPS) is 19.1. The highest BCUT2D eigenvalue weighted by Crippen LogP contribution is 2.65. The number of carboxylic acids is 1. The molecule has 1 aliphatic heterocycles. The number of fused-ring (bicyclic) bond motifs is 3. The molecule has 0 radical (unpaired) electrons. The summed E-state index contributed by atoms with van der Waals surface area (Å²) in [5.41, 5.74) is 3.12. The highest BCUT2D eigenvalue weighted by Gasteiger charge is 2.70. The molecule has 2 aromatic heterocycles. The zero-order chi connectivity index (χ0) is 25.2. The molecule has 6 rings (SSSR count). The molecule has 3 heterocycles. The van der Waals surface area contributed by atoms with E-state index in [1.54, 1.807) is 30.6 Å². The van der Waals surface area contributed by atoms with Crippen LogP contribution in [0, 0.1) is 12.3 Å². The summed E-state index contributed by atoms with van der Waals surface area (Å²) in [5, 5.41) is 22.2. The Hall–Kier alpha value is -3.82. The third kappa shape index (κ3) is 3.46. The minimum absolute atomic E-state index is 0.0224. The van der Waals surface area contributed by atoms with E-state index in [-0.39, 0.29) is 18.0 Å². The third-order valence-electron chi connectivity index (χ3n) is 7.71. The number of carboxylic acid groups (broad SMARTS) is 1. The highest BCUT2D eigenvalue weighted by molar-refractivity contribution is 5.96. The fraction of sp³-hybridized carbons (Fsp3) is 0.385. The van der Waals surface area contributed by atoms with Gasteiger partial charge in [0.1, 0.15) is 6.33 Å². The van der Waals surface area contributed by atoms with Crippen LogP contribution in [-0.2, 0) is 0 Å². The summed E-state index contributed by atoms with van der Waals surface area (Å²) in [7, 11) is 0. The maximum absolute atomic E-state index is 13.9. The number of nitrogens with one attached hydrogen (secondary N) is 1. The Bertz CT molecular complexity index is 1510. The van der Waals surface area contributed by atoms with Gasteiger partial charge in [-0.25, -0.2) is 18.6 Å². The Kier molecular flexibility index (Phi) is 4.93. The van der Waals surface area contributed by atoms with Crippen LogP contribution in [0.15, 0.2) is 42.7 Å². The average molecular weight is 493 g/mol. The first-order chi connectivity index (χ1) is 17.2. The summed E-state index contributed by atoms with van der Waals surface area (Å²) < 4.78 is 29.7. The molecule has 36 heavy (non-hydrogen) atoms. The number of hydrogen-bond acceptors (Lipinski definition) is 6. The van der Waals surface area contributed by atoms with Crippen molar-refractivity contribution in [1.82, 2.24) is 19.6 Å². The summed E-state index contributed by atoms with van der Waals surface area (Å²) in [4.78, 5) is 18.8. The van der Waals surface area contributed by atoms with E-state index in [4.69, 9.17) is 4.98 Å². The van der Waals surface area contributed by atoms with Gasteiger partial charge in [0.15, 0.2) is 5.65 Å². The van der Waals surface area contributed by atoms with Gasteiger partial charge in [-0.05, 0) is 50.5 Å². The van der Waals surface area contributed by atoms with Gasteiger partial charge in [-0.15, -0.1) is 10.2 Å². The molecule has 0 amide bonds. The smallest absolute Gasteiger partial charge is 0.337 e. The predicted octanol–water partition coefficient (Wildman–Crippen LogP) is 5.08. The molecule has 1 aliphatic carbocycles. The van der Waals surface area contributed by atoms with E-state index in [0.29, 0.717) is 43.2 Å². The molecule has 186 valence electrons. The average Bonchev–Trinajstić information content (AvgIpc) is 3.17. The van der Waals surface area contributed by atoms with Crippen molar-refractivity contribution in [3.63, 3.8) is 0 Å². The lowest BCUT2D eigenvalue weighted by atomic mass is 9.93. The maximum atomic E-state index is 13.9. The molecule has 2 fully saturated rings. The number of anilines is 2. The highest BCUT2D eigenvalue weighted by atomic mass is 19.3. The second-order valence-corrected chi connectivity index (χ2v) is 10.1. The number of piperidine rings is 1. The minimum atomic E-state index is -2.56. The lowest BCUT2D eigenvalue weighted by molar-refractivity contribution is 0.0535. The van der Waals surface area contributed by atoms with Gasteiger partial charge < -0.3 is 15.3 Å². The Labute approximate surface area is 206 Å². The summed E-state index contributed by atoms with van der Waals surface area (Å²) in [6.07, 6.45) is 2.44. The number of rotatable bonds is 5. The fourth-order valence-electron chi connectivity index (χ4n) is 5.54. The molecule has 2 N–H and O–H groups in total. The van der Waals surface area contributed by atoms with Crippen molar-refractivity contribution in [3.8, 4) is 0 Å². The molecule has 1 saturated heterocycles. The number of aromatic carboxylic acids is 1. The van der Waals surface area contributed by atoms with Gasteiger partial charge in [0.25, 0.3) is 5.92 Å². The molecular weight excluding hydrogens is 466 g/mol. The van der Waals surface area contributed by atoms with Crippen molar-refractivity contribution in [2.24, 2.45) is 5.41 Å². The third-order valence-corrected chi connectivity index (χ3v) is 7.71. The second kappa shape index (κ2) is 7.84. The van der Waals surface area contributed by atoms with Crippen molar-refractivity contribution in [2.75, 3.05) is 23.3 Å². The summed E-state index contributed by atoms with van der Waals surface area (Å²) >= 11 is 0. The summed E-state index contributed by atoms with van der Waals surface area (Å²) in [5.74, 6) is -2.93. The second-order valence-electron chi connectivity index (χ2n) is 10.1. The van der Waals surface area contributed by atoms with Gasteiger partial charge in [0, 0.05) is 41.6 Å². The van der Waals surface area contributed by atoms with Crippen LogP contribution < -0.4 is 10.2 Å². The quantitative estimate of drug-likeness (QED) is 0.401. The van der Waals surface area contributed by atoms with E-state index in [9.17, 15) is 18.7 Å². The van der Waals surface area contributed by atoms with Crippen LogP contribution >= 0.6 is 0 Å². The molecule has 4 aromatic rings. The van der Waals surface area contributed by atoms with Crippen LogP contribution in [0.3, 0.4) is 0 Å². The van der Waals surface area contributed by atoms with Gasteiger partial charge in [-0.3, -0.25) is 4.40 Å². The largest absolute Gasteiger partial charge is 0.478 e. The molecule has 2 aromatic carbocycles. The topological polar surface area (TPSA) is 95.6 Å². The van der Waals surface area contributed by atoms with E-state index < -0.39 is 17.3 Å². The number of carbonyl (C=O) groups is 1. The van der Waals surface area contributed by atoms with E-state index in [0.717, 1.165) is 22.0 Å². The lowest BCUT2D eigenvalue weighted by Gasteiger charge is -2.33. The zero-order valence-electron chi connectivity index (χ0n) is 20.0. The molecule has 8 nitrogen and oxygen atoms in total. The van der Waals surface area contributed by atoms with Gasteiger partial charge in [0.2, 0.25) is 5.95 Å². The van der Waals surface area contributed by atoms with Gasteiger partial charge >= 0.3 is 5.97 Å². The van der Waals surface area contributed by atoms with E-state index in [1.165, 1.54) is 0 Å². The van der Waals surface area contributed by atoms with Crippen LogP contribution in [0.25, 0.3) is 16.6 Å². The van der Waals surface area contributed by atoms with Crippen molar-refractivity contribution in [2.45, 2.75) is 45.1 Å². The molecule has 10 heteroatoms. The standard InChI is InChI=1S/C26H26F2N6O2/c1-15-11-18(16(2)30-20-6-4-3-5-17(20)23(35)36)21-19(12-15)22-32-29-14-34(22)24(31-21)33-9-7-25(8-10-33)13-26(25,27)28/h3-6,11-12,14,16,30H,7-10,13H2,1-2H3,(H,35,36)/t16-/m1/s1. The fourth-order valence-corrected chi connectivity index (χ4v) is 5.54. The molecule has 1 spiro atoms. The minimum Gasteiger partial charge on any atom is -0.478 e. The number of alkyl halides is 2.